The van der Waals surface area contributed by atoms with E-state index in [2.05, 4.69) is 10.1 Å². The first-order valence-corrected chi connectivity index (χ1v) is 5.48. The number of esters is 1. The highest BCUT2D eigenvalue weighted by Crippen LogP contribution is 2.03. The lowest BCUT2D eigenvalue weighted by molar-refractivity contribution is -0.140. The maximum Gasteiger partial charge on any atom is 0.307 e. The van der Waals surface area contributed by atoms with Crippen LogP contribution < -0.4 is 5.32 Å². The van der Waals surface area contributed by atoms with Gasteiger partial charge < -0.3 is 10.1 Å². The molecule has 18 heavy (non-hydrogen) atoms. The van der Waals surface area contributed by atoms with Crippen molar-refractivity contribution < 1.29 is 14.3 Å². The van der Waals surface area contributed by atoms with Gasteiger partial charge in [-0.15, -0.1) is 0 Å². The zero-order chi connectivity index (χ0) is 13.4. The highest BCUT2D eigenvalue weighted by molar-refractivity contribution is 5.79. The van der Waals surface area contributed by atoms with Crippen LogP contribution in [0.5, 0.6) is 0 Å². The van der Waals surface area contributed by atoms with Gasteiger partial charge in [-0.25, -0.2) is 0 Å². The van der Waals surface area contributed by atoms with Gasteiger partial charge >= 0.3 is 5.97 Å². The van der Waals surface area contributed by atoms with Gasteiger partial charge in [0.25, 0.3) is 0 Å². The standard InChI is InChI=1S/C13H14N2O3/c1-18-13(17)6-7-15-12(16)8-10-2-4-11(9-14)5-3-10/h2-5H,6-8H2,1H3,(H,15,16). The summed E-state index contributed by atoms with van der Waals surface area (Å²) in [5, 5.41) is 11.2. The maximum atomic E-state index is 11.5. The zero-order valence-corrected chi connectivity index (χ0v) is 10.1. The molecule has 1 aromatic carbocycles. The minimum Gasteiger partial charge on any atom is -0.469 e. The molecule has 0 unspecified atom stereocenters. The number of hydrogen-bond acceptors (Lipinski definition) is 4. The van der Waals surface area contributed by atoms with Gasteiger partial charge in [0, 0.05) is 6.54 Å². The summed E-state index contributed by atoms with van der Waals surface area (Å²) in [5.74, 6) is -0.516. The van der Waals surface area contributed by atoms with Crippen molar-refractivity contribution >= 4 is 11.9 Å². The summed E-state index contributed by atoms with van der Waals surface area (Å²) in [6, 6.07) is 8.81. The average molecular weight is 246 g/mol. The monoisotopic (exact) mass is 246 g/mol. The van der Waals surface area contributed by atoms with Crippen molar-refractivity contribution in [2.75, 3.05) is 13.7 Å². The minimum atomic E-state index is -0.353. The van der Waals surface area contributed by atoms with Gasteiger partial charge in [-0.3, -0.25) is 9.59 Å². The Balaban J connectivity index is 2.35. The van der Waals surface area contributed by atoms with Crippen LogP contribution in [-0.2, 0) is 20.7 Å². The second-order valence-electron chi connectivity index (χ2n) is 3.66. The fraction of sp³-hybridized carbons (Fsp3) is 0.308. The van der Waals surface area contributed by atoms with Crippen LogP contribution in [0.3, 0.4) is 0 Å². The first-order valence-electron chi connectivity index (χ1n) is 5.48. The van der Waals surface area contributed by atoms with Crippen molar-refractivity contribution in [2.45, 2.75) is 12.8 Å². The predicted octanol–water partition coefficient (Wildman–Crippen LogP) is 0.780. The van der Waals surface area contributed by atoms with Crippen molar-refractivity contribution in [1.29, 1.82) is 5.26 Å². The number of methoxy groups -OCH3 is 1. The third-order valence-corrected chi connectivity index (χ3v) is 2.33. The Morgan fingerprint density at radius 1 is 1.33 bits per heavy atom. The average Bonchev–Trinajstić information content (AvgIpc) is 2.39. The SMILES string of the molecule is COC(=O)CCNC(=O)Cc1ccc(C#N)cc1. The van der Waals surface area contributed by atoms with E-state index < -0.39 is 0 Å². The molecule has 1 aromatic rings. The topological polar surface area (TPSA) is 79.2 Å². The number of rotatable bonds is 5. The van der Waals surface area contributed by atoms with E-state index in [1.165, 1.54) is 7.11 Å². The number of benzene rings is 1. The Morgan fingerprint density at radius 2 is 2.00 bits per heavy atom. The molecule has 5 heteroatoms. The molecular formula is C13H14N2O3. The third-order valence-electron chi connectivity index (χ3n) is 2.33. The molecule has 0 bridgehead atoms. The van der Waals surface area contributed by atoms with Gasteiger partial charge in [-0.2, -0.15) is 5.26 Å². The first-order chi connectivity index (χ1) is 8.65. The number of carbonyl (C=O) groups excluding carboxylic acids is 2. The van der Waals surface area contributed by atoms with Crippen LogP contribution in [0.2, 0.25) is 0 Å². The summed E-state index contributed by atoms with van der Waals surface area (Å²) >= 11 is 0. The van der Waals surface area contributed by atoms with Gasteiger partial charge in [0.05, 0.1) is 31.6 Å². The van der Waals surface area contributed by atoms with E-state index in [1.54, 1.807) is 24.3 Å². The maximum absolute atomic E-state index is 11.5. The van der Waals surface area contributed by atoms with Crippen molar-refractivity contribution in [3.8, 4) is 6.07 Å². The number of hydrogen-bond donors (Lipinski definition) is 1. The minimum absolute atomic E-state index is 0.162. The molecule has 0 aliphatic carbocycles. The molecular weight excluding hydrogens is 232 g/mol. The fourth-order valence-corrected chi connectivity index (χ4v) is 1.35. The van der Waals surface area contributed by atoms with Crippen LogP contribution in [0, 0.1) is 11.3 Å². The summed E-state index contributed by atoms with van der Waals surface area (Å²) < 4.78 is 4.45. The van der Waals surface area contributed by atoms with Crippen molar-refractivity contribution in [2.24, 2.45) is 0 Å². The zero-order valence-electron chi connectivity index (χ0n) is 10.1. The Kier molecular flexibility index (Phi) is 5.39. The highest BCUT2D eigenvalue weighted by atomic mass is 16.5. The molecule has 0 heterocycles. The number of nitriles is 1. The summed E-state index contributed by atoms with van der Waals surface area (Å²) in [6.45, 7) is 0.266. The van der Waals surface area contributed by atoms with Crippen LogP contribution >= 0.6 is 0 Å². The van der Waals surface area contributed by atoms with Gasteiger partial charge in [0.1, 0.15) is 0 Å². The normalized spacial score (nSPS) is 9.33. The molecule has 5 nitrogen and oxygen atoms in total. The highest BCUT2D eigenvalue weighted by Gasteiger charge is 2.05. The number of carbonyl (C=O) groups is 2. The molecule has 0 saturated heterocycles. The third kappa shape index (κ3) is 4.66. The van der Waals surface area contributed by atoms with Gasteiger partial charge in [0.15, 0.2) is 0 Å². The largest absolute Gasteiger partial charge is 0.469 e. The molecule has 0 aromatic heterocycles. The molecule has 1 N–H and O–H groups in total. The molecule has 0 aliphatic heterocycles. The summed E-state index contributed by atoms with van der Waals surface area (Å²) in [4.78, 5) is 22.3. The van der Waals surface area contributed by atoms with E-state index >= 15 is 0 Å². The quantitative estimate of drug-likeness (QED) is 0.779. The van der Waals surface area contributed by atoms with Crippen molar-refractivity contribution in [1.82, 2.24) is 5.32 Å². The lowest BCUT2D eigenvalue weighted by Crippen LogP contribution is -2.27. The lowest BCUT2D eigenvalue weighted by atomic mass is 10.1. The molecule has 0 aliphatic rings. The van der Waals surface area contributed by atoms with Gasteiger partial charge in [-0.05, 0) is 17.7 Å². The molecule has 1 amide bonds. The number of ether oxygens (including phenoxy) is 1. The number of amides is 1. The van der Waals surface area contributed by atoms with Gasteiger partial charge in [-0.1, -0.05) is 12.1 Å². The van der Waals surface area contributed by atoms with Crippen LogP contribution in [0.15, 0.2) is 24.3 Å². The van der Waals surface area contributed by atoms with Crippen molar-refractivity contribution in [3.05, 3.63) is 35.4 Å². The van der Waals surface area contributed by atoms with E-state index in [1.807, 2.05) is 6.07 Å². The Hall–Kier alpha value is -2.35. The van der Waals surface area contributed by atoms with Crippen LogP contribution in [0.4, 0.5) is 0 Å². The van der Waals surface area contributed by atoms with Crippen LogP contribution in [-0.4, -0.2) is 25.5 Å². The Labute approximate surface area is 105 Å². The number of nitrogens with zero attached hydrogens (tertiary/aromatic N) is 1. The number of nitrogens with one attached hydrogen (secondary N) is 1. The molecule has 1 rings (SSSR count). The van der Waals surface area contributed by atoms with E-state index in [9.17, 15) is 9.59 Å². The van der Waals surface area contributed by atoms with E-state index in [0.717, 1.165) is 5.56 Å². The molecule has 0 fully saturated rings. The Morgan fingerprint density at radius 3 is 2.56 bits per heavy atom. The first kappa shape index (κ1) is 13.7. The molecule has 0 radical (unpaired) electrons. The van der Waals surface area contributed by atoms with Crippen molar-refractivity contribution in [3.63, 3.8) is 0 Å². The van der Waals surface area contributed by atoms with E-state index in [0.29, 0.717) is 5.56 Å². The second-order valence-corrected chi connectivity index (χ2v) is 3.66. The lowest BCUT2D eigenvalue weighted by Gasteiger charge is -2.04. The Bertz CT molecular complexity index is 460. The van der Waals surface area contributed by atoms with E-state index in [-0.39, 0.29) is 31.3 Å². The second kappa shape index (κ2) is 7.07. The van der Waals surface area contributed by atoms with E-state index in [4.69, 9.17) is 5.26 Å². The summed E-state index contributed by atoms with van der Waals surface area (Å²) in [7, 11) is 1.31. The van der Waals surface area contributed by atoms with Crippen LogP contribution in [0.1, 0.15) is 17.5 Å². The fourth-order valence-electron chi connectivity index (χ4n) is 1.35. The molecule has 0 spiro atoms. The van der Waals surface area contributed by atoms with Gasteiger partial charge in [0.2, 0.25) is 5.91 Å². The molecule has 94 valence electrons. The summed E-state index contributed by atoms with van der Waals surface area (Å²) in [6.07, 6.45) is 0.391. The summed E-state index contributed by atoms with van der Waals surface area (Å²) in [5.41, 5.74) is 1.38. The smallest absolute Gasteiger partial charge is 0.307 e. The van der Waals surface area contributed by atoms with Crippen LogP contribution in [0.25, 0.3) is 0 Å². The predicted molar refractivity (Wildman–Crippen MR) is 64.5 cm³/mol. The molecule has 0 atom stereocenters. The molecule has 0 saturated carbocycles.